The molecule has 1 rings (SSSR count). The van der Waals surface area contributed by atoms with E-state index in [1.807, 2.05) is 6.92 Å². The first kappa shape index (κ1) is 16.2. The lowest BCUT2D eigenvalue weighted by atomic mass is 10.2. The number of methoxy groups -OCH3 is 1. The van der Waals surface area contributed by atoms with Gasteiger partial charge in [-0.15, -0.1) is 0 Å². The Kier molecular flexibility index (Phi) is 6.24. The van der Waals surface area contributed by atoms with Gasteiger partial charge in [-0.25, -0.2) is 0 Å². The third-order valence-corrected chi connectivity index (χ3v) is 3.92. The Balaban J connectivity index is 2.50. The molecule has 20 heavy (non-hydrogen) atoms. The summed E-state index contributed by atoms with van der Waals surface area (Å²) < 4.78 is 16.2. The van der Waals surface area contributed by atoms with E-state index in [1.54, 1.807) is 24.3 Å². The maximum Gasteiger partial charge on any atom is 0.313 e. The lowest BCUT2D eigenvalue weighted by Crippen LogP contribution is -2.17. The Morgan fingerprint density at radius 3 is 2.20 bits per heavy atom. The molecule has 1 unspecified atom stereocenters. The van der Waals surface area contributed by atoms with Crippen LogP contribution >= 0.6 is 0 Å². The zero-order chi connectivity index (χ0) is 15.1. The number of ether oxygens (including phenoxy) is 1. The molecule has 0 bridgehead atoms. The maximum absolute atomic E-state index is 11.9. The van der Waals surface area contributed by atoms with Crippen LogP contribution in [0.5, 0.6) is 0 Å². The highest BCUT2D eigenvalue weighted by molar-refractivity contribution is 7.85. The lowest BCUT2D eigenvalue weighted by Gasteiger charge is -2.02. The smallest absolute Gasteiger partial charge is 0.313 e. The molecule has 108 valence electrons. The van der Waals surface area contributed by atoms with E-state index in [2.05, 4.69) is 4.74 Å². The average Bonchev–Trinajstić information content (AvgIpc) is 2.38. The van der Waals surface area contributed by atoms with E-state index in [9.17, 15) is 18.6 Å². The molecular formula is C14H16O5S. The number of hydrogen-bond donors (Lipinski definition) is 0. The fourth-order valence-corrected chi connectivity index (χ4v) is 2.49. The molecule has 0 heterocycles. The summed E-state index contributed by atoms with van der Waals surface area (Å²) in [5.74, 6) is -1.88. The molecular weight excluding hydrogens is 280 g/mol. The van der Waals surface area contributed by atoms with Crippen LogP contribution in [0.25, 0.3) is 0 Å². The van der Waals surface area contributed by atoms with Crippen LogP contribution in [-0.2, 0) is 29.9 Å². The summed E-state index contributed by atoms with van der Waals surface area (Å²) in [5, 5.41) is 0. The van der Waals surface area contributed by atoms with Crippen LogP contribution in [0.2, 0.25) is 0 Å². The molecule has 0 aliphatic carbocycles. The highest BCUT2D eigenvalue weighted by Gasteiger charge is 2.16. The first-order chi connectivity index (χ1) is 9.42. The van der Waals surface area contributed by atoms with E-state index in [4.69, 9.17) is 0 Å². The Hall–Kier alpha value is -1.82. The van der Waals surface area contributed by atoms with Gasteiger partial charge in [0.05, 0.1) is 30.1 Å². The van der Waals surface area contributed by atoms with Crippen LogP contribution in [0.15, 0.2) is 29.2 Å². The normalized spacial score (nSPS) is 11.7. The van der Waals surface area contributed by atoms with E-state index in [-0.39, 0.29) is 5.75 Å². The first-order valence-corrected chi connectivity index (χ1v) is 7.29. The third kappa shape index (κ3) is 5.44. The van der Waals surface area contributed by atoms with Crippen molar-refractivity contribution in [2.75, 3.05) is 12.9 Å². The molecule has 0 aliphatic heterocycles. The maximum atomic E-state index is 11.9. The van der Waals surface area contributed by atoms with Gasteiger partial charge in [-0.1, -0.05) is 17.7 Å². The van der Waals surface area contributed by atoms with Crippen LogP contribution < -0.4 is 0 Å². The molecule has 0 aliphatic rings. The van der Waals surface area contributed by atoms with E-state index in [0.29, 0.717) is 4.90 Å². The minimum Gasteiger partial charge on any atom is -0.469 e. The van der Waals surface area contributed by atoms with Gasteiger partial charge < -0.3 is 4.74 Å². The summed E-state index contributed by atoms with van der Waals surface area (Å²) in [7, 11) is -0.300. The SMILES string of the molecule is COC(=O)CC(=O)CC(=O)CS(=O)c1ccc(C)cc1. The van der Waals surface area contributed by atoms with Gasteiger partial charge in [0.1, 0.15) is 6.42 Å². The van der Waals surface area contributed by atoms with Crippen molar-refractivity contribution in [1.82, 2.24) is 0 Å². The predicted octanol–water partition coefficient (Wildman–Crippen LogP) is 1.19. The van der Waals surface area contributed by atoms with E-state index in [0.717, 1.165) is 5.56 Å². The Labute approximate surface area is 119 Å². The van der Waals surface area contributed by atoms with Gasteiger partial charge in [0.25, 0.3) is 0 Å². The van der Waals surface area contributed by atoms with Crippen LogP contribution in [0, 0.1) is 6.92 Å². The number of esters is 1. The quantitative estimate of drug-likeness (QED) is 0.558. The van der Waals surface area contributed by atoms with E-state index in [1.165, 1.54) is 7.11 Å². The molecule has 1 aromatic carbocycles. The van der Waals surface area contributed by atoms with Gasteiger partial charge in [0, 0.05) is 4.90 Å². The highest BCUT2D eigenvalue weighted by atomic mass is 32.2. The minimum absolute atomic E-state index is 0.226. The Bertz CT molecular complexity index is 533. The van der Waals surface area contributed by atoms with Gasteiger partial charge in [-0.05, 0) is 19.1 Å². The number of benzene rings is 1. The zero-order valence-electron chi connectivity index (χ0n) is 11.4. The van der Waals surface area contributed by atoms with Crippen LogP contribution in [-0.4, -0.2) is 34.6 Å². The van der Waals surface area contributed by atoms with Crippen molar-refractivity contribution in [2.45, 2.75) is 24.7 Å². The van der Waals surface area contributed by atoms with Crippen molar-refractivity contribution in [2.24, 2.45) is 0 Å². The van der Waals surface area contributed by atoms with Crippen molar-refractivity contribution < 1.29 is 23.3 Å². The van der Waals surface area contributed by atoms with Gasteiger partial charge in [0.15, 0.2) is 11.6 Å². The molecule has 0 N–H and O–H groups in total. The van der Waals surface area contributed by atoms with Crippen molar-refractivity contribution in [3.8, 4) is 0 Å². The zero-order valence-corrected chi connectivity index (χ0v) is 12.2. The summed E-state index contributed by atoms with van der Waals surface area (Å²) >= 11 is 0. The predicted molar refractivity (Wildman–Crippen MR) is 73.7 cm³/mol. The molecule has 0 aromatic heterocycles. The molecule has 0 spiro atoms. The number of hydrogen-bond acceptors (Lipinski definition) is 5. The minimum atomic E-state index is -1.47. The topological polar surface area (TPSA) is 77.5 Å². The molecule has 0 fully saturated rings. The van der Waals surface area contributed by atoms with Crippen LogP contribution in [0.1, 0.15) is 18.4 Å². The molecule has 6 heteroatoms. The molecule has 1 atom stereocenters. The summed E-state index contributed by atoms with van der Waals surface area (Å²) in [6.45, 7) is 1.91. The number of ketones is 2. The van der Waals surface area contributed by atoms with Gasteiger partial charge >= 0.3 is 5.97 Å². The number of carbonyl (C=O) groups excluding carboxylic acids is 3. The largest absolute Gasteiger partial charge is 0.469 e. The average molecular weight is 296 g/mol. The van der Waals surface area contributed by atoms with Crippen molar-refractivity contribution in [3.05, 3.63) is 29.8 Å². The van der Waals surface area contributed by atoms with Crippen LogP contribution in [0.3, 0.4) is 0 Å². The number of aryl methyl sites for hydroxylation is 1. The monoisotopic (exact) mass is 296 g/mol. The molecule has 0 amide bonds. The molecule has 5 nitrogen and oxygen atoms in total. The molecule has 0 radical (unpaired) electrons. The summed E-state index contributed by atoms with van der Waals surface area (Å²) in [4.78, 5) is 34.4. The third-order valence-electron chi connectivity index (χ3n) is 2.54. The van der Waals surface area contributed by atoms with E-state index >= 15 is 0 Å². The standard InChI is InChI=1S/C14H16O5S/c1-10-3-5-13(6-4-10)20(18)9-12(16)7-11(15)8-14(17)19-2/h3-6H,7-9H2,1-2H3. The van der Waals surface area contributed by atoms with Crippen LogP contribution in [0.4, 0.5) is 0 Å². The van der Waals surface area contributed by atoms with Gasteiger partial charge in [0.2, 0.25) is 0 Å². The van der Waals surface area contributed by atoms with Gasteiger partial charge in [-0.2, -0.15) is 0 Å². The molecule has 0 saturated carbocycles. The van der Waals surface area contributed by atoms with Gasteiger partial charge in [-0.3, -0.25) is 18.6 Å². The van der Waals surface area contributed by atoms with Crippen molar-refractivity contribution in [1.29, 1.82) is 0 Å². The number of rotatable bonds is 7. The second-order valence-electron chi connectivity index (χ2n) is 4.31. The van der Waals surface area contributed by atoms with E-state index < -0.39 is 41.2 Å². The Morgan fingerprint density at radius 2 is 1.65 bits per heavy atom. The fourth-order valence-electron chi connectivity index (χ4n) is 1.49. The number of carbonyl (C=O) groups is 3. The molecule has 0 saturated heterocycles. The summed E-state index contributed by atoms with van der Waals surface area (Å²) in [6.07, 6.45) is -0.827. The fraction of sp³-hybridized carbons (Fsp3) is 0.357. The van der Waals surface area contributed by atoms with Crippen molar-refractivity contribution >= 4 is 28.3 Å². The molecule has 1 aromatic rings. The Morgan fingerprint density at radius 1 is 1.05 bits per heavy atom. The second kappa shape index (κ2) is 7.69. The second-order valence-corrected chi connectivity index (χ2v) is 5.76. The summed E-state index contributed by atoms with van der Waals surface area (Å²) in [5.41, 5.74) is 1.03. The van der Waals surface area contributed by atoms with Crippen molar-refractivity contribution in [3.63, 3.8) is 0 Å². The summed E-state index contributed by atoms with van der Waals surface area (Å²) in [6, 6.07) is 6.99. The highest BCUT2D eigenvalue weighted by Crippen LogP contribution is 2.09. The first-order valence-electron chi connectivity index (χ1n) is 5.97. The lowest BCUT2D eigenvalue weighted by molar-refractivity contribution is -0.143. The number of Topliss-reactive ketones (excluding diaryl/α,β-unsaturated/α-hetero) is 2.